The average Bonchev–Trinajstić information content (AvgIpc) is 1.68. The summed E-state index contributed by atoms with van der Waals surface area (Å²) in [7, 11) is 1.67. The van der Waals surface area contributed by atoms with E-state index in [1.807, 2.05) is 6.26 Å². The van der Waals surface area contributed by atoms with Crippen LogP contribution in [0.5, 0.6) is 0 Å². The summed E-state index contributed by atoms with van der Waals surface area (Å²) in [5.74, 6) is 0.980. The lowest BCUT2D eigenvalue weighted by Crippen LogP contribution is -2.27. The van der Waals surface area contributed by atoms with E-state index in [-0.39, 0.29) is 6.04 Å². The van der Waals surface area contributed by atoms with Crippen LogP contribution in [0.4, 0.5) is 0 Å². The molecule has 0 aliphatic rings. The molecule has 0 rings (SSSR count). The van der Waals surface area contributed by atoms with Gasteiger partial charge in [-0.3, -0.25) is 0 Å². The van der Waals surface area contributed by atoms with Gasteiger partial charge >= 0.3 is 0 Å². The van der Waals surface area contributed by atoms with Crippen LogP contribution in [0.1, 0.15) is 0 Å². The summed E-state index contributed by atoms with van der Waals surface area (Å²) < 4.78 is 4.82. The largest absolute Gasteiger partial charge is 0.383 e. The normalized spacial score (nSPS) is 13.9. The van der Waals surface area contributed by atoms with Crippen molar-refractivity contribution in [3.8, 4) is 0 Å². The quantitative estimate of drug-likeness (QED) is 0.603. The lowest BCUT2D eigenvalue weighted by molar-refractivity contribution is 0.186. The van der Waals surface area contributed by atoms with Crippen LogP contribution in [0.3, 0.4) is 0 Å². The van der Waals surface area contributed by atoms with Crippen LogP contribution in [-0.4, -0.2) is 31.8 Å². The highest BCUT2D eigenvalue weighted by Crippen LogP contribution is 1.93. The van der Waals surface area contributed by atoms with Crippen molar-refractivity contribution in [1.82, 2.24) is 0 Å². The van der Waals surface area contributed by atoms with Crippen LogP contribution in [0.25, 0.3) is 0 Å². The van der Waals surface area contributed by atoms with E-state index in [2.05, 4.69) is 0 Å². The van der Waals surface area contributed by atoms with Gasteiger partial charge in [-0.15, -0.1) is 0 Å². The van der Waals surface area contributed by atoms with Crippen LogP contribution in [0, 0.1) is 0 Å². The molecule has 0 aromatic heterocycles. The summed E-state index contributed by atoms with van der Waals surface area (Å²) in [5.41, 5.74) is 5.55. The number of thioether (sulfide) groups is 1. The van der Waals surface area contributed by atoms with Crippen LogP contribution < -0.4 is 5.73 Å². The molecule has 8 heavy (non-hydrogen) atoms. The van der Waals surface area contributed by atoms with E-state index < -0.39 is 0 Å². The number of nitrogens with two attached hydrogens (primary N) is 1. The predicted molar refractivity (Wildman–Crippen MR) is 38.2 cm³/mol. The predicted octanol–water partition coefficient (Wildman–Crippen LogP) is 0.323. The molecule has 0 radical (unpaired) electrons. The third-order valence-corrected chi connectivity index (χ3v) is 1.52. The van der Waals surface area contributed by atoms with Crippen molar-refractivity contribution in [3.63, 3.8) is 0 Å². The molecule has 1 atom stereocenters. The van der Waals surface area contributed by atoms with Crippen LogP contribution in [-0.2, 0) is 4.74 Å². The Morgan fingerprint density at radius 1 is 1.75 bits per heavy atom. The molecule has 0 saturated heterocycles. The van der Waals surface area contributed by atoms with Gasteiger partial charge in [-0.25, -0.2) is 0 Å². The Balaban J connectivity index is 2.92. The second-order valence-electron chi connectivity index (χ2n) is 1.67. The second kappa shape index (κ2) is 5.41. The molecule has 0 amide bonds. The smallest absolute Gasteiger partial charge is 0.0621 e. The van der Waals surface area contributed by atoms with Crippen molar-refractivity contribution in [2.45, 2.75) is 6.04 Å². The molecule has 0 aromatic rings. The number of rotatable bonds is 4. The molecule has 0 aromatic carbocycles. The fraction of sp³-hybridized carbons (Fsp3) is 1.00. The van der Waals surface area contributed by atoms with Crippen LogP contribution in [0.2, 0.25) is 0 Å². The average molecular weight is 135 g/mol. The van der Waals surface area contributed by atoms with E-state index in [0.717, 1.165) is 5.75 Å². The van der Waals surface area contributed by atoms with Crippen molar-refractivity contribution in [2.75, 3.05) is 25.7 Å². The molecule has 2 N–H and O–H groups in total. The summed E-state index contributed by atoms with van der Waals surface area (Å²) in [6.45, 7) is 0.668. The second-order valence-corrected chi connectivity index (χ2v) is 2.58. The molecule has 0 saturated carbocycles. The minimum atomic E-state index is 0.204. The highest BCUT2D eigenvalue weighted by molar-refractivity contribution is 7.98. The van der Waals surface area contributed by atoms with Gasteiger partial charge in [-0.05, 0) is 6.26 Å². The summed E-state index contributed by atoms with van der Waals surface area (Å²) in [6.07, 6.45) is 2.04. The van der Waals surface area contributed by atoms with Gasteiger partial charge in [-0.2, -0.15) is 11.8 Å². The Labute approximate surface area is 54.8 Å². The number of methoxy groups -OCH3 is 1. The van der Waals surface area contributed by atoms with Crippen molar-refractivity contribution in [2.24, 2.45) is 5.73 Å². The number of ether oxygens (including phenoxy) is 1. The zero-order valence-electron chi connectivity index (χ0n) is 5.39. The highest BCUT2D eigenvalue weighted by atomic mass is 32.2. The Bertz CT molecular complexity index is 45.7. The van der Waals surface area contributed by atoms with Crippen LogP contribution >= 0.6 is 11.8 Å². The maximum atomic E-state index is 5.55. The fourth-order valence-corrected chi connectivity index (χ4v) is 1.00. The van der Waals surface area contributed by atoms with Gasteiger partial charge in [0.05, 0.1) is 6.61 Å². The zero-order chi connectivity index (χ0) is 6.41. The van der Waals surface area contributed by atoms with Gasteiger partial charge in [0.1, 0.15) is 0 Å². The van der Waals surface area contributed by atoms with Gasteiger partial charge in [0, 0.05) is 18.9 Å². The fourth-order valence-electron chi connectivity index (χ4n) is 0.476. The first-order valence-corrected chi connectivity index (χ1v) is 3.94. The highest BCUT2D eigenvalue weighted by Gasteiger charge is 1.97. The standard InChI is InChI=1S/C5H13NOS/c1-7-3-5(6)4-8-2/h5H,3-4,6H2,1-2H3. The minimum absolute atomic E-state index is 0.204. The SMILES string of the molecule is COCC(N)CSC. The Hall–Kier alpha value is 0.270. The summed E-state index contributed by atoms with van der Waals surface area (Å²) >= 11 is 1.74. The third kappa shape index (κ3) is 4.43. The molecule has 0 aliphatic carbocycles. The van der Waals surface area contributed by atoms with E-state index in [4.69, 9.17) is 10.5 Å². The molecule has 2 nitrogen and oxygen atoms in total. The van der Waals surface area contributed by atoms with Gasteiger partial charge in [0.2, 0.25) is 0 Å². The van der Waals surface area contributed by atoms with Gasteiger partial charge < -0.3 is 10.5 Å². The summed E-state index contributed by atoms with van der Waals surface area (Å²) in [6, 6.07) is 0.204. The Morgan fingerprint density at radius 2 is 2.38 bits per heavy atom. The van der Waals surface area contributed by atoms with E-state index >= 15 is 0 Å². The van der Waals surface area contributed by atoms with E-state index in [1.165, 1.54) is 0 Å². The Kier molecular flexibility index (Phi) is 5.59. The molecule has 3 heteroatoms. The van der Waals surface area contributed by atoms with Crippen LogP contribution in [0.15, 0.2) is 0 Å². The number of hydrogen-bond donors (Lipinski definition) is 1. The van der Waals surface area contributed by atoms with Gasteiger partial charge in [-0.1, -0.05) is 0 Å². The Morgan fingerprint density at radius 3 is 2.75 bits per heavy atom. The molecule has 0 bridgehead atoms. The number of hydrogen-bond acceptors (Lipinski definition) is 3. The first-order valence-electron chi connectivity index (χ1n) is 2.54. The first kappa shape index (κ1) is 8.27. The zero-order valence-corrected chi connectivity index (χ0v) is 6.20. The minimum Gasteiger partial charge on any atom is -0.383 e. The molecule has 50 valence electrons. The van der Waals surface area contributed by atoms with Crippen molar-refractivity contribution >= 4 is 11.8 Å². The van der Waals surface area contributed by atoms with E-state index in [9.17, 15) is 0 Å². The van der Waals surface area contributed by atoms with Crippen molar-refractivity contribution < 1.29 is 4.74 Å². The molecule has 0 heterocycles. The topological polar surface area (TPSA) is 35.2 Å². The van der Waals surface area contributed by atoms with E-state index in [0.29, 0.717) is 6.61 Å². The van der Waals surface area contributed by atoms with Crippen molar-refractivity contribution in [3.05, 3.63) is 0 Å². The first-order chi connectivity index (χ1) is 3.81. The molecule has 0 fully saturated rings. The van der Waals surface area contributed by atoms with Gasteiger partial charge in [0.25, 0.3) is 0 Å². The van der Waals surface area contributed by atoms with E-state index in [1.54, 1.807) is 18.9 Å². The molecular weight excluding hydrogens is 122 g/mol. The summed E-state index contributed by atoms with van der Waals surface area (Å²) in [5, 5.41) is 0. The summed E-state index contributed by atoms with van der Waals surface area (Å²) in [4.78, 5) is 0. The molecule has 0 aliphatic heterocycles. The van der Waals surface area contributed by atoms with Gasteiger partial charge in [0.15, 0.2) is 0 Å². The molecular formula is C5H13NOS. The van der Waals surface area contributed by atoms with Crippen molar-refractivity contribution in [1.29, 1.82) is 0 Å². The third-order valence-electron chi connectivity index (χ3n) is 0.761. The lowest BCUT2D eigenvalue weighted by Gasteiger charge is -2.06. The maximum Gasteiger partial charge on any atom is 0.0621 e. The molecule has 0 spiro atoms. The maximum absolute atomic E-state index is 5.55. The lowest BCUT2D eigenvalue weighted by atomic mass is 10.4. The molecule has 1 unspecified atom stereocenters. The monoisotopic (exact) mass is 135 g/mol.